The van der Waals surface area contributed by atoms with Crippen molar-refractivity contribution < 1.29 is 14.2 Å². The minimum Gasteiger partial charge on any atom is -0.497 e. The lowest BCUT2D eigenvalue weighted by Crippen LogP contribution is -3.10. The Bertz CT molecular complexity index is 779. The highest BCUT2D eigenvalue weighted by Crippen LogP contribution is 2.20. The van der Waals surface area contributed by atoms with Gasteiger partial charge in [-0.15, -0.1) is 0 Å². The number of methoxy groups -OCH3 is 1. The monoisotopic (exact) mass is 342 g/mol. The van der Waals surface area contributed by atoms with E-state index < -0.39 is 0 Å². The van der Waals surface area contributed by atoms with E-state index in [0.29, 0.717) is 17.8 Å². The van der Waals surface area contributed by atoms with Crippen LogP contribution in [0.4, 0.5) is 0 Å². The third-order valence-corrected chi connectivity index (χ3v) is 5.05. The number of benzene rings is 1. The van der Waals surface area contributed by atoms with Crippen LogP contribution in [0.15, 0.2) is 45.6 Å². The highest BCUT2D eigenvalue weighted by Gasteiger charge is 2.34. The minimum atomic E-state index is 0.686. The van der Waals surface area contributed by atoms with E-state index in [2.05, 4.69) is 22.3 Å². The maximum absolute atomic E-state index is 5.47. The third-order valence-electron chi connectivity index (χ3n) is 4.37. The minimum absolute atomic E-state index is 0.686. The van der Waals surface area contributed by atoms with Crippen molar-refractivity contribution in [3.8, 4) is 17.1 Å². The number of hydrogen-bond acceptors (Lipinski definition) is 5. The first-order valence-corrected chi connectivity index (χ1v) is 9.09. The number of nitrogens with zero attached hydrogens (tertiary/aromatic N) is 2. The lowest BCUT2D eigenvalue weighted by atomic mass is 10.2. The van der Waals surface area contributed by atoms with Crippen LogP contribution in [0.5, 0.6) is 5.75 Å². The van der Waals surface area contributed by atoms with E-state index in [4.69, 9.17) is 9.26 Å². The summed E-state index contributed by atoms with van der Waals surface area (Å²) in [5.74, 6) is 2.29. The molecule has 1 aliphatic carbocycles. The standard InChI is InChI=1S/C18H19N3O2S/c1-22-16-6-2-13(3-7-16)10-21(15-4-5-15)11-17-19-18(20-23-17)14-8-9-24-12-14/h2-3,6-9,12,15H,4-5,10-11H2,1H3/p+1. The summed E-state index contributed by atoms with van der Waals surface area (Å²) in [6, 6.07) is 11.0. The molecule has 1 saturated carbocycles. The van der Waals surface area contributed by atoms with E-state index >= 15 is 0 Å². The molecule has 0 amide bonds. The van der Waals surface area contributed by atoms with E-state index in [9.17, 15) is 0 Å². The van der Waals surface area contributed by atoms with Gasteiger partial charge < -0.3 is 14.2 Å². The van der Waals surface area contributed by atoms with E-state index in [1.165, 1.54) is 23.3 Å². The second kappa shape index (κ2) is 6.75. The molecule has 1 aliphatic rings. The van der Waals surface area contributed by atoms with Crippen molar-refractivity contribution in [2.75, 3.05) is 7.11 Å². The maximum atomic E-state index is 5.47. The van der Waals surface area contributed by atoms with Crippen molar-refractivity contribution in [2.24, 2.45) is 0 Å². The van der Waals surface area contributed by atoms with Gasteiger partial charge in [0.15, 0.2) is 6.54 Å². The molecule has 24 heavy (non-hydrogen) atoms. The van der Waals surface area contributed by atoms with E-state index in [-0.39, 0.29) is 0 Å². The molecule has 1 fully saturated rings. The molecule has 124 valence electrons. The Morgan fingerprint density at radius 3 is 2.71 bits per heavy atom. The normalized spacial score (nSPS) is 15.4. The van der Waals surface area contributed by atoms with Crippen LogP contribution in [0.25, 0.3) is 11.4 Å². The summed E-state index contributed by atoms with van der Waals surface area (Å²) in [7, 11) is 1.69. The lowest BCUT2D eigenvalue weighted by molar-refractivity contribution is -0.939. The summed E-state index contributed by atoms with van der Waals surface area (Å²) in [5.41, 5.74) is 2.33. The zero-order valence-electron chi connectivity index (χ0n) is 13.6. The summed E-state index contributed by atoms with van der Waals surface area (Å²) in [6.45, 7) is 1.73. The molecular formula is C18H20N3O2S+. The number of rotatable bonds is 7. The molecule has 0 spiro atoms. The number of aromatic nitrogens is 2. The number of ether oxygens (including phenoxy) is 1. The van der Waals surface area contributed by atoms with Gasteiger partial charge in [-0.3, -0.25) is 0 Å². The Morgan fingerprint density at radius 1 is 1.21 bits per heavy atom. The first-order valence-electron chi connectivity index (χ1n) is 8.14. The fraction of sp³-hybridized carbons (Fsp3) is 0.333. The Kier molecular flexibility index (Phi) is 4.32. The zero-order valence-corrected chi connectivity index (χ0v) is 14.4. The van der Waals surface area contributed by atoms with Gasteiger partial charge in [0.1, 0.15) is 12.3 Å². The van der Waals surface area contributed by atoms with Crippen molar-refractivity contribution in [3.05, 3.63) is 52.5 Å². The van der Waals surface area contributed by atoms with Crippen molar-refractivity contribution in [1.29, 1.82) is 0 Å². The number of nitrogens with one attached hydrogen (secondary N) is 1. The van der Waals surface area contributed by atoms with Gasteiger partial charge in [-0.2, -0.15) is 16.3 Å². The summed E-state index contributed by atoms with van der Waals surface area (Å²) in [4.78, 5) is 6.05. The number of quaternary nitrogens is 1. The highest BCUT2D eigenvalue weighted by atomic mass is 32.1. The average molecular weight is 342 g/mol. The first-order chi connectivity index (χ1) is 11.8. The molecule has 4 rings (SSSR count). The Morgan fingerprint density at radius 2 is 2.04 bits per heavy atom. The molecular weight excluding hydrogens is 322 g/mol. The van der Waals surface area contributed by atoms with Gasteiger partial charge in [-0.1, -0.05) is 5.16 Å². The van der Waals surface area contributed by atoms with Crippen LogP contribution in [-0.4, -0.2) is 23.3 Å². The largest absolute Gasteiger partial charge is 0.497 e. The van der Waals surface area contributed by atoms with E-state index in [1.807, 2.05) is 29.0 Å². The molecule has 1 aromatic carbocycles. The van der Waals surface area contributed by atoms with Crippen LogP contribution in [0.1, 0.15) is 24.3 Å². The van der Waals surface area contributed by atoms with Gasteiger partial charge in [0.25, 0.3) is 5.89 Å². The van der Waals surface area contributed by atoms with Gasteiger partial charge in [0, 0.05) is 29.3 Å². The molecule has 0 bridgehead atoms. The predicted octanol–water partition coefficient (Wildman–Crippen LogP) is 2.55. The quantitative estimate of drug-likeness (QED) is 0.717. The van der Waals surface area contributed by atoms with Crippen molar-refractivity contribution >= 4 is 11.3 Å². The van der Waals surface area contributed by atoms with Gasteiger partial charge >= 0.3 is 0 Å². The van der Waals surface area contributed by atoms with Crippen molar-refractivity contribution in [1.82, 2.24) is 10.1 Å². The van der Waals surface area contributed by atoms with Crippen LogP contribution in [-0.2, 0) is 13.1 Å². The molecule has 1 N–H and O–H groups in total. The Labute approximate surface area is 144 Å². The summed E-state index contributed by atoms with van der Waals surface area (Å²) in [5, 5.41) is 8.18. The maximum Gasteiger partial charge on any atom is 0.282 e. The SMILES string of the molecule is COc1ccc(C[NH+](Cc2nc(-c3ccsc3)no2)C2CC2)cc1. The van der Waals surface area contributed by atoms with Crippen LogP contribution in [0, 0.1) is 0 Å². The van der Waals surface area contributed by atoms with Crippen molar-refractivity contribution in [3.63, 3.8) is 0 Å². The summed E-state index contributed by atoms with van der Waals surface area (Å²) >= 11 is 1.64. The second-order valence-corrected chi connectivity index (χ2v) is 6.94. The number of thiophene rings is 1. The molecule has 0 saturated heterocycles. The second-order valence-electron chi connectivity index (χ2n) is 6.16. The predicted molar refractivity (Wildman–Crippen MR) is 92.0 cm³/mol. The molecule has 3 aromatic rings. The zero-order chi connectivity index (χ0) is 16.4. The molecule has 0 aliphatic heterocycles. The van der Waals surface area contributed by atoms with Gasteiger partial charge in [0.2, 0.25) is 5.82 Å². The smallest absolute Gasteiger partial charge is 0.282 e. The number of hydrogen-bond donors (Lipinski definition) is 1. The Balaban J connectivity index is 1.45. The van der Waals surface area contributed by atoms with Crippen LogP contribution < -0.4 is 9.64 Å². The third kappa shape index (κ3) is 3.49. The Hall–Kier alpha value is -2.18. The summed E-state index contributed by atoms with van der Waals surface area (Å²) < 4.78 is 10.7. The lowest BCUT2D eigenvalue weighted by Gasteiger charge is -2.17. The molecule has 1 atom stereocenters. The van der Waals surface area contributed by atoms with E-state index in [1.54, 1.807) is 18.4 Å². The average Bonchev–Trinajstić information content (AvgIpc) is 3.11. The molecule has 6 heteroatoms. The topological polar surface area (TPSA) is 52.6 Å². The summed E-state index contributed by atoms with van der Waals surface area (Å²) in [6.07, 6.45) is 2.55. The van der Waals surface area contributed by atoms with Crippen LogP contribution in [0.2, 0.25) is 0 Å². The van der Waals surface area contributed by atoms with Crippen LogP contribution >= 0.6 is 11.3 Å². The molecule has 0 radical (unpaired) electrons. The van der Waals surface area contributed by atoms with E-state index in [0.717, 1.165) is 24.4 Å². The highest BCUT2D eigenvalue weighted by molar-refractivity contribution is 7.08. The fourth-order valence-corrected chi connectivity index (χ4v) is 3.51. The first kappa shape index (κ1) is 15.4. The fourth-order valence-electron chi connectivity index (χ4n) is 2.88. The van der Waals surface area contributed by atoms with Crippen LogP contribution in [0.3, 0.4) is 0 Å². The van der Waals surface area contributed by atoms with Crippen molar-refractivity contribution in [2.45, 2.75) is 32.0 Å². The van der Waals surface area contributed by atoms with Gasteiger partial charge in [-0.25, -0.2) is 0 Å². The molecule has 1 unspecified atom stereocenters. The molecule has 5 nitrogen and oxygen atoms in total. The van der Waals surface area contributed by atoms with Gasteiger partial charge in [-0.05, 0) is 35.7 Å². The van der Waals surface area contributed by atoms with Gasteiger partial charge in [0.05, 0.1) is 13.2 Å². The molecule has 2 heterocycles. The molecule has 2 aromatic heterocycles.